The van der Waals surface area contributed by atoms with Crippen LogP contribution in [0.5, 0.6) is 0 Å². The third kappa shape index (κ3) is 0.814. The van der Waals surface area contributed by atoms with Crippen LogP contribution >= 0.6 is 11.8 Å². The molecule has 0 radical (unpaired) electrons. The van der Waals surface area contributed by atoms with Crippen molar-refractivity contribution in [1.82, 2.24) is 0 Å². The SMILES string of the molecule is CCCC1C2CCC2C2CSC12. The van der Waals surface area contributed by atoms with Crippen LogP contribution in [0.15, 0.2) is 0 Å². The lowest BCUT2D eigenvalue weighted by Crippen LogP contribution is -2.33. The van der Waals surface area contributed by atoms with E-state index in [9.17, 15) is 0 Å². The van der Waals surface area contributed by atoms with E-state index in [-0.39, 0.29) is 0 Å². The van der Waals surface area contributed by atoms with E-state index in [2.05, 4.69) is 18.7 Å². The molecule has 68 valence electrons. The largest absolute Gasteiger partial charge is 0.158 e. The van der Waals surface area contributed by atoms with Gasteiger partial charge in [0.25, 0.3) is 0 Å². The molecule has 0 amide bonds. The average molecular weight is 182 g/mol. The summed E-state index contributed by atoms with van der Waals surface area (Å²) in [5.74, 6) is 6.18. The molecule has 0 aromatic carbocycles. The van der Waals surface area contributed by atoms with Gasteiger partial charge in [0.15, 0.2) is 0 Å². The highest BCUT2D eigenvalue weighted by Gasteiger charge is 2.57. The van der Waals surface area contributed by atoms with Crippen molar-refractivity contribution in [3.05, 3.63) is 0 Å². The number of fused-ring (bicyclic) bond motifs is 3. The molecule has 3 rings (SSSR count). The van der Waals surface area contributed by atoms with Gasteiger partial charge in [-0.15, -0.1) is 0 Å². The van der Waals surface area contributed by atoms with Gasteiger partial charge in [0, 0.05) is 5.25 Å². The second-order valence-electron chi connectivity index (χ2n) is 4.82. The Balaban J connectivity index is 1.76. The Labute approximate surface area is 79.5 Å². The lowest BCUT2D eigenvalue weighted by Gasteiger charge is -2.38. The topological polar surface area (TPSA) is 0 Å². The van der Waals surface area contributed by atoms with Gasteiger partial charge in [-0.05, 0) is 48.7 Å². The lowest BCUT2D eigenvalue weighted by molar-refractivity contribution is 0.146. The molecule has 2 aliphatic carbocycles. The molecule has 0 bridgehead atoms. The molecule has 0 N–H and O–H groups in total. The fourth-order valence-corrected chi connectivity index (χ4v) is 5.37. The van der Waals surface area contributed by atoms with Crippen LogP contribution in [0.25, 0.3) is 0 Å². The maximum Gasteiger partial charge on any atom is 0.0117 e. The van der Waals surface area contributed by atoms with E-state index >= 15 is 0 Å². The lowest BCUT2D eigenvalue weighted by atomic mass is 9.70. The predicted octanol–water partition coefficient (Wildman–Crippen LogP) is 3.17. The Hall–Kier alpha value is 0.350. The third-order valence-corrected chi connectivity index (χ3v) is 6.09. The van der Waals surface area contributed by atoms with Crippen molar-refractivity contribution in [2.24, 2.45) is 23.7 Å². The van der Waals surface area contributed by atoms with Crippen molar-refractivity contribution in [3.8, 4) is 0 Å². The Bertz CT molecular complexity index is 171. The Morgan fingerprint density at radius 2 is 2.00 bits per heavy atom. The van der Waals surface area contributed by atoms with Crippen molar-refractivity contribution >= 4 is 11.8 Å². The number of rotatable bonds is 2. The predicted molar refractivity (Wildman–Crippen MR) is 54.3 cm³/mol. The highest BCUT2D eigenvalue weighted by Crippen LogP contribution is 2.63. The van der Waals surface area contributed by atoms with Crippen molar-refractivity contribution in [2.45, 2.75) is 37.9 Å². The van der Waals surface area contributed by atoms with Gasteiger partial charge in [0.05, 0.1) is 0 Å². The Morgan fingerprint density at radius 3 is 2.42 bits per heavy atom. The summed E-state index contributed by atoms with van der Waals surface area (Å²) in [6.45, 7) is 2.35. The van der Waals surface area contributed by atoms with Gasteiger partial charge in [0.2, 0.25) is 0 Å². The molecule has 1 heteroatoms. The zero-order chi connectivity index (χ0) is 8.13. The second kappa shape index (κ2) is 2.67. The molecule has 5 atom stereocenters. The quantitative estimate of drug-likeness (QED) is 0.632. The second-order valence-corrected chi connectivity index (χ2v) is 6.03. The van der Waals surface area contributed by atoms with Crippen LogP contribution in [-0.4, -0.2) is 11.0 Å². The minimum Gasteiger partial charge on any atom is -0.158 e. The van der Waals surface area contributed by atoms with Gasteiger partial charge in [-0.2, -0.15) is 11.8 Å². The highest BCUT2D eigenvalue weighted by molar-refractivity contribution is 8.01. The van der Waals surface area contributed by atoms with Crippen molar-refractivity contribution in [1.29, 1.82) is 0 Å². The van der Waals surface area contributed by atoms with E-state index in [1.807, 2.05) is 0 Å². The summed E-state index contributed by atoms with van der Waals surface area (Å²) in [6.07, 6.45) is 6.09. The van der Waals surface area contributed by atoms with Gasteiger partial charge in [-0.3, -0.25) is 0 Å². The van der Waals surface area contributed by atoms with Gasteiger partial charge in [-0.1, -0.05) is 13.3 Å². The zero-order valence-electron chi connectivity index (χ0n) is 7.83. The first-order valence-corrected chi connectivity index (χ1v) is 6.58. The van der Waals surface area contributed by atoms with Gasteiger partial charge in [-0.25, -0.2) is 0 Å². The summed E-state index contributed by atoms with van der Waals surface area (Å²) in [4.78, 5) is 0. The first-order valence-electron chi connectivity index (χ1n) is 5.53. The van der Waals surface area contributed by atoms with Crippen molar-refractivity contribution in [3.63, 3.8) is 0 Å². The van der Waals surface area contributed by atoms with Crippen LogP contribution < -0.4 is 0 Å². The average Bonchev–Trinajstić information content (AvgIpc) is 2.06. The van der Waals surface area contributed by atoms with Crippen LogP contribution in [-0.2, 0) is 0 Å². The van der Waals surface area contributed by atoms with E-state index in [1.54, 1.807) is 12.8 Å². The molecule has 3 aliphatic rings. The molecule has 1 saturated heterocycles. The summed E-state index contributed by atoms with van der Waals surface area (Å²) >= 11 is 2.27. The van der Waals surface area contributed by atoms with E-state index in [1.165, 1.54) is 36.3 Å². The molecule has 3 fully saturated rings. The smallest absolute Gasteiger partial charge is 0.0117 e. The molecule has 5 unspecified atom stereocenters. The van der Waals surface area contributed by atoms with E-state index in [0.717, 1.165) is 11.2 Å². The molecule has 1 heterocycles. The summed E-state index contributed by atoms with van der Waals surface area (Å²) < 4.78 is 0. The first kappa shape index (κ1) is 7.73. The minimum atomic E-state index is 1.11. The summed E-state index contributed by atoms with van der Waals surface area (Å²) in [5.41, 5.74) is 0. The van der Waals surface area contributed by atoms with E-state index in [4.69, 9.17) is 0 Å². The summed E-state index contributed by atoms with van der Waals surface area (Å²) in [7, 11) is 0. The molecule has 0 nitrogen and oxygen atoms in total. The first-order chi connectivity index (χ1) is 5.92. The zero-order valence-corrected chi connectivity index (χ0v) is 8.65. The number of thioether (sulfide) groups is 1. The van der Waals surface area contributed by atoms with Gasteiger partial charge >= 0.3 is 0 Å². The summed E-state index contributed by atoms with van der Waals surface area (Å²) in [6, 6.07) is 0. The van der Waals surface area contributed by atoms with E-state index < -0.39 is 0 Å². The van der Waals surface area contributed by atoms with Gasteiger partial charge < -0.3 is 0 Å². The highest BCUT2D eigenvalue weighted by atomic mass is 32.2. The summed E-state index contributed by atoms with van der Waals surface area (Å²) in [5, 5.41) is 1.11. The fourth-order valence-electron chi connectivity index (χ4n) is 3.70. The van der Waals surface area contributed by atoms with Crippen LogP contribution in [0, 0.1) is 23.7 Å². The molecule has 2 saturated carbocycles. The molecular formula is C11H18S. The van der Waals surface area contributed by atoms with Crippen LogP contribution in [0.4, 0.5) is 0 Å². The monoisotopic (exact) mass is 182 g/mol. The fraction of sp³-hybridized carbons (Fsp3) is 1.00. The molecule has 1 aliphatic heterocycles. The Kier molecular flexibility index (Phi) is 1.72. The standard InChI is InChI=1S/C11H18S/c1-2-3-9-7-4-5-8(7)10-6-12-11(9)10/h7-11H,2-6H2,1H3. The molecule has 0 aromatic rings. The van der Waals surface area contributed by atoms with Crippen molar-refractivity contribution < 1.29 is 0 Å². The minimum absolute atomic E-state index is 1.11. The van der Waals surface area contributed by atoms with Crippen LogP contribution in [0.3, 0.4) is 0 Å². The number of hydrogen-bond acceptors (Lipinski definition) is 1. The number of hydrogen-bond donors (Lipinski definition) is 0. The molecule has 0 spiro atoms. The Morgan fingerprint density at radius 1 is 1.17 bits per heavy atom. The molecular weight excluding hydrogens is 164 g/mol. The van der Waals surface area contributed by atoms with E-state index in [0.29, 0.717) is 0 Å². The normalized spacial score (nSPS) is 55.2. The van der Waals surface area contributed by atoms with Crippen LogP contribution in [0.1, 0.15) is 32.6 Å². The molecule has 0 aromatic heterocycles. The third-order valence-electron chi connectivity index (χ3n) is 4.43. The van der Waals surface area contributed by atoms with Gasteiger partial charge in [0.1, 0.15) is 0 Å². The van der Waals surface area contributed by atoms with Crippen molar-refractivity contribution in [2.75, 3.05) is 5.75 Å². The maximum absolute atomic E-state index is 2.35. The maximum atomic E-state index is 2.35. The van der Waals surface area contributed by atoms with Crippen LogP contribution in [0.2, 0.25) is 0 Å². The molecule has 12 heavy (non-hydrogen) atoms.